The van der Waals surface area contributed by atoms with E-state index in [1.54, 1.807) is 30.5 Å². The van der Waals surface area contributed by atoms with E-state index in [-0.39, 0.29) is 5.78 Å². The van der Waals surface area contributed by atoms with Crippen molar-refractivity contribution < 1.29 is 4.79 Å². The Balaban J connectivity index is 2.05. The van der Waals surface area contributed by atoms with Gasteiger partial charge in [0.25, 0.3) is 0 Å². The maximum absolute atomic E-state index is 11.9. The second kappa shape index (κ2) is 6.60. The van der Waals surface area contributed by atoms with E-state index in [1.165, 1.54) is 6.08 Å². The Morgan fingerprint density at radius 2 is 1.80 bits per heavy atom. The molecule has 0 fully saturated rings. The molecule has 0 atom stereocenters. The predicted octanol–water partition coefficient (Wildman–Crippen LogP) is 5.11. The maximum Gasteiger partial charge on any atom is 0.187 e. The minimum Gasteiger partial charge on any atom is -0.361 e. The molecule has 0 unspecified atom stereocenters. The number of hydrogen-bond acceptors (Lipinski definition) is 2. The van der Waals surface area contributed by atoms with E-state index in [2.05, 4.69) is 5.32 Å². The molecule has 102 valence electrons. The lowest BCUT2D eigenvalue weighted by atomic mass is 10.1. The first-order valence-electron chi connectivity index (χ1n) is 6.06. The number of hydrogen-bond donors (Lipinski definition) is 1. The average Bonchev–Trinajstić information content (AvgIpc) is 2.44. The van der Waals surface area contributed by atoms with Crippen molar-refractivity contribution in [2.45, 2.75) is 6.92 Å². The topological polar surface area (TPSA) is 29.1 Å². The van der Waals surface area contributed by atoms with Gasteiger partial charge in [0, 0.05) is 33.6 Å². The molecule has 4 heteroatoms. The summed E-state index contributed by atoms with van der Waals surface area (Å²) in [7, 11) is 0. The summed E-state index contributed by atoms with van der Waals surface area (Å²) in [6.07, 6.45) is 3.08. The van der Waals surface area contributed by atoms with Crippen LogP contribution in [0, 0.1) is 6.92 Å². The summed E-state index contributed by atoms with van der Waals surface area (Å²) in [4.78, 5) is 11.9. The van der Waals surface area contributed by atoms with Gasteiger partial charge in [0.2, 0.25) is 0 Å². The van der Waals surface area contributed by atoms with Crippen molar-refractivity contribution in [1.29, 1.82) is 0 Å². The molecule has 0 aromatic heterocycles. The van der Waals surface area contributed by atoms with Crippen LogP contribution in [0.15, 0.2) is 54.7 Å². The number of rotatable bonds is 4. The Kier molecular flexibility index (Phi) is 4.83. The molecule has 0 saturated carbocycles. The lowest BCUT2D eigenvalue weighted by Crippen LogP contribution is -1.97. The Labute approximate surface area is 128 Å². The number of halogens is 2. The first-order chi connectivity index (χ1) is 9.58. The number of ketones is 1. The van der Waals surface area contributed by atoms with Crippen LogP contribution < -0.4 is 5.32 Å². The summed E-state index contributed by atoms with van der Waals surface area (Å²) >= 11 is 11.8. The Bertz CT molecular complexity index is 648. The van der Waals surface area contributed by atoms with E-state index in [9.17, 15) is 4.79 Å². The van der Waals surface area contributed by atoms with Crippen molar-refractivity contribution in [2.75, 3.05) is 5.32 Å². The molecule has 2 rings (SSSR count). The van der Waals surface area contributed by atoms with Crippen LogP contribution >= 0.6 is 23.2 Å². The van der Waals surface area contributed by atoms with E-state index in [4.69, 9.17) is 23.2 Å². The third kappa shape index (κ3) is 3.62. The fourth-order valence-electron chi connectivity index (χ4n) is 1.68. The second-order valence-electron chi connectivity index (χ2n) is 4.26. The van der Waals surface area contributed by atoms with Gasteiger partial charge in [0.1, 0.15) is 0 Å². The van der Waals surface area contributed by atoms with Gasteiger partial charge < -0.3 is 5.32 Å². The van der Waals surface area contributed by atoms with Crippen molar-refractivity contribution in [3.05, 3.63) is 75.9 Å². The van der Waals surface area contributed by atoms with Crippen LogP contribution in [0.1, 0.15) is 15.9 Å². The highest BCUT2D eigenvalue weighted by Gasteiger charge is 2.02. The van der Waals surface area contributed by atoms with Gasteiger partial charge in [-0.15, -0.1) is 0 Å². The molecular formula is C16H13Cl2NO. The quantitative estimate of drug-likeness (QED) is 0.628. The highest BCUT2D eigenvalue weighted by Crippen LogP contribution is 2.22. The number of carbonyl (C=O) groups is 1. The molecule has 2 aromatic carbocycles. The number of benzene rings is 2. The zero-order valence-corrected chi connectivity index (χ0v) is 12.4. The smallest absolute Gasteiger partial charge is 0.187 e. The molecule has 0 spiro atoms. The van der Waals surface area contributed by atoms with Gasteiger partial charge in [-0.3, -0.25) is 4.79 Å². The summed E-state index contributed by atoms with van der Waals surface area (Å²) in [5.41, 5.74) is 2.41. The van der Waals surface area contributed by atoms with Gasteiger partial charge in [-0.1, -0.05) is 29.3 Å². The number of carbonyl (C=O) groups excluding carboxylic acids is 1. The van der Waals surface area contributed by atoms with Crippen molar-refractivity contribution in [1.82, 2.24) is 0 Å². The standard InChI is InChI=1S/C16H13Cl2NO/c1-11-14(18)3-2-4-15(11)19-10-9-16(20)12-5-7-13(17)8-6-12/h2-10,19H,1H3/b10-9+. The molecule has 0 saturated heterocycles. The summed E-state index contributed by atoms with van der Waals surface area (Å²) in [6, 6.07) is 12.4. The van der Waals surface area contributed by atoms with E-state index in [0.717, 1.165) is 11.3 Å². The highest BCUT2D eigenvalue weighted by atomic mass is 35.5. The van der Waals surface area contributed by atoms with Crippen LogP contribution in [0.4, 0.5) is 5.69 Å². The number of nitrogens with one attached hydrogen (secondary N) is 1. The van der Waals surface area contributed by atoms with Crippen LogP contribution in [0.2, 0.25) is 10.0 Å². The average molecular weight is 306 g/mol. The van der Waals surface area contributed by atoms with Crippen LogP contribution in [0.5, 0.6) is 0 Å². The monoisotopic (exact) mass is 305 g/mol. The number of allylic oxidation sites excluding steroid dienone is 1. The Hall–Kier alpha value is -1.77. The molecule has 0 bridgehead atoms. The van der Waals surface area contributed by atoms with E-state index >= 15 is 0 Å². The molecule has 0 aliphatic heterocycles. The van der Waals surface area contributed by atoms with Crippen LogP contribution in [-0.4, -0.2) is 5.78 Å². The van der Waals surface area contributed by atoms with Crippen molar-refractivity contribution in [3.63, 3.8) is 0 Å². The van der Waals surface area contributed by atoms with Crippen molar-refractivity contribution in [2.24, 2.45) is 0 Å². The third-order valence-electron chi connectivity index (χ3n) is 2.87. The van der Waals surface area contributed by atoms with E-state index in [0.29, 0.717) is 15.6 Å². The molecule has 0 aliphatic carbocycles. The van der Waals surface area contributed by atoms with Gasteiger partial charge in [0.05, 0.1) is 0 Å². The zero-order valence-electron chi connectivity index (χ0n) is 10.9. The largest absolute Gasteiger partial charge is 0.361 e. The molecule has 0 aliphatic rings. The third-order valence-corrected chi connectivity index (χ3v) is 3.53. The lowest BCUT2D eigenvalue weighted by Gasteiger charge is -2.06. The molecule has 2 nitrogen and oxygen atoms in total. The molecule has 0 amide bonds. The Morgan fingerprint density at radius 1 is 1.10 bits per heavy atom. The normalized spacial score (nSPS) is 10.8. The predicted molar refractivity (Wildman–Crippen MR) is 84.7 cm³/mol. The van der Waals surface area contributed by atoms with Gasteiger partial charge in [-0.2, -0.15) is 0 Å². The first kappa shape index (κ1) is 14.6. The number of anilines is 1. The van der Waals surface area contributed by atoms with Gasteiger partial charge in [-0.05, 0) is 48.9 Å². The summed E-state index contributed by atoms with van der Waals surface area (Å²) < 4.78 is 0. The van der Waals surface area contributed by atoms with Gasteiger partial charge in [-0.25, -0.2) is 0 Å². The molecule has 1 N–H and O–H groups in total. The summed E-state index contributed by atoms with van der Waals surface area (Å²) in [6.45, 7) is 1.92. The molecular weight excluding hydrogens is 293 g/mol. The van der Waals surface area contributed by atoms with Crippen LogP contribution in [0.3, 0.4) is 0 Å². The van der Waals surface area contributed by atoms with Crippen LogP contribution in [0.25, 0.3) is 0 Å². The van der Waals surface area contributed by atoms with E-state index < -0.39 is 0 Å². The maximum atomic E-state index is 11.9. The van der Waals surface area contributed by atoms with Gasteiger partial charge in [0.15, 0.2) is 5.78 Å². The van der Waals surface area contributed by atoms with Crippen molar-refractivity contribution in [3.8, 4) is 0 Å². The summed E-state index contributed by atoms with van der Waals surface area (Å²) in [5.74, 6) is -0.0890. The van der Waals surface area contributed by atoms with E-state index in [1.807, 2.05) is 25.1 Å². The molecule has 2 aromatic rings. The highest BCUT2D eigenvalue weighted by molar-refractivity contribution is 6.31. The second-order valence-corrected chi connectivity index (χ2v) is 5.10. The van der Waals surface area contributed by atoms with Crippen molar-refractivity contribution >= 4 is 34.7 Å². The SMILES string of the molecule is Cc1c(Cl)cccc1N/C=C/C(=O)c1ccc(Cl)cc1. The minimum absolute atomic E-state index is 0.0890. The lowest BCUT2D eigenvalue weighted by molar-refractivity contribution is 0.104. The minimum atomic E-state index is -0.0890. The zero-order chi connectivity index (χ0) is 14.5. The summed E-state index contributed by atoms with van der Waals surface area (Å²) in [5, 5.41) is 4.35. The fraction of sp³-hybridized carbons (Fsp3) is 0.0625. The molecule has 0 radical (unpaired) electrons. The molecule has 0 heterocycles. The fourth-order valence-corrected chi connectivity index (χ4v) is 1.98. The molecule has 20 heavy (non-hydrogen) atoms. The Morgan fingerprint density at radius 3 is 2.50 bits per heavy atom. The van der Waals surface area contributed by atoms with Crippen LogP contribution in [-0.2, 0) is 0 Å². The van der Waals surface area contributed by atoms with Gasteiger partial charge >= 0.3 is 0 Å². The first-order valence-corrected chi connectivity index (χ1v) is 6.81.